The number of carbonyl (C=O) groups excluding carboxylic acids is 2. The van der Waals surface area contributed by atoms with E-state index in [-0.39, 0.29) is 24.5 Å². The van der Waals surface area contributed by atoms with Gasteiger partial charge in [0.2, 0.25) is 0 Å². The van der Waals surface area contributed by atoms with E-state index in [1.165, 1.54) is 12.1 Å². The van der Waals surface area contributed by atoms with Crippen molar-refractivity contribution in [2.45, 2.75) is 6.61 Å². The van der Waals surface area contributed by atoms with Gasteiger partial charge in [-0.05, 0) is 28.8 Å². The number of esters is 1. The first-order valence-corrected chi connectivity index (χ1v) is 9.87. The molecular formula is C25H19NO6. The molecule has 0 aliphatic heterocycles. The Balaban J connectivity index is 1.39. The highest BCUT2D eigenvalue weighted by molar-refractivity contribution is 5.94. The molecule has 0 bridgehead atoms. The molecule has 0 aliphatic carbocycles. The summed E-state index contributed by atoms with van der Waals surface area (Å²) in [6.45, 7) is -0.283. The van der Waals surface area contributed by atoms with E-state index in [0.29, 0.717) is 5.39 Å². The molecule has 0 radical (unpaired) electrons. The largest absolute Gasteiger partial charge is 0.445 e. The predicted molar refractivity (Wildman–Crippen MR) is 118 cm³/mol. The number of hydrogen-bond donors (Lipinski definition) is 1. The summed E-state index contributed by atoms with van der Waals surface area (Å²) >= 11 is 0. The molecule has 0 unspecified atom stereocenters. The van der Waals surface area contributed by atoms with Crippen molar-refractivity contribution in [2.24, 2.45) is 0 Å². The molecule has 0 saturated heterocycles. The Morgan fingerprint density at radius 2 is 1.59 bits per heavy atom. The lowest BCUT2D eigenvalue weighted by molar-refractivity contribution is -0.133. The minimum absolute atomic E-state index is 0.0924. The molecule has 4 aromatic rings. The SMILES string of the molecule is O=C(CNC(=O)OCc1ccccc1)Oc1ccc2c(-c3ccccc3)cc(=O)oc2c1. The van der Waals surface area contributed by atoms with Gasteiger partial charge in [0.05, 0.1) is 0 Å². The Hall–Kier alpha value is -4.39. The molecule has 1 N–H and O–H groups in total. The third-order valence-electron chi connectivity index (χ3n) is 4.62. The lowest BCUT2D eigenvalue weighted by atomic mass is 10.0. The van der Waals surface area contributed by atoms with Gasteiger partial charge < -0.3 is 19.2 Å². The molecule has 0 fully saturated rings. The second kappa shape index (κ2) is 9.61. The zero-order chi connectivity index (χ0) is 22.3. The van der Waals surface area contributed by atoms with E-state index < -0.39 is 17.7 Å². The van der Waals surface area contributed by atoms with Crippen molar-refractivity contribution in [3.05, 3.63) is 101 Å². The Morgan fingerprint density at radius 3 is 2.34 bits per heavy atom. The number of fused-ring (bicyclic) bond motifs is 1. The van der Waals surface area contributed by atoms with Crippen LogP contribution in [0.5, 0.6) is 5.75 Å². The average molecular weight is 429 g/mol. The highest BCUT2D eigenvalue weighted by Gasteiger charge is 2.12. The van der Waals surface area contributed by atoms with Gasteiger partial charge in [-0.25, -0.2) is 14.4 Å². The van der Waals surface area contributed by atoms with Crippen LogP contribution in [0.25, 0.3) is 22.1 Å². The molecule has 4 rings (SSSR count). The number of ether oxygens (including phenoxy) is 2. The van der Waals surface area contributed by atoms with Gasteiger partial charge in [-0.3, -0.25) is 0 Å². The fourth-order valence-corrected chi connectivity index (χ4v) is 3.15. The molecule has 1 amide bonds. The van der Waals surface area contributed by atoms with E-state index in [1.807, 2.05) is 60.7 Å². The average Bonchev–Trinajstić information content (AvgIpc) is 2.82. The molecule has 0 aliphatic rings. The first kappa shape index (κ1) is 20.9. The van der Waals surface area contributed by atoms with Crippen LogP contribution in [0.4, 0.5) is 4.79 Å². The third-order valence-corrected chi connectivity index (χ3v) is 4.62. The van der Waals surface area contributed by atoms with E-state index >= 15 is 0 Å². The number of rotatable bonds is 6. The second-order valence-corrected chi connectivity index (χ2v) is 6.89. The van der Waals surface area contributed by atoms with E-state index in [0.717, 1.165) is 16.7 Å². The van der Waals surface area contributed by atoms with Crippen LogP contribution in [0.1, 0.15) is 5.56 Å². The molecular weight excluding hydrogens is 410 g/mol. The number of amides is 1. The molecule has 1 aromatic heterocycles. The Kier molecular flexibility index (Phi) is 6.27. The highest BCUT2D eigenvalue weighted by Crippen LogP contribution is 2.29. The molecule has 0 spiro atoms. The van der Waals surface area contributed by atoms with Crippen molar-refractivity contribution >= 4 is 23.0 Å². The van der Waals surface area contributed by atoms with Gasteiger partial charge in [-0.2, -0.15) is 0 Å². The Morgan fingerprint density at radius 1 is 0.875 bits per heavy atom. The van der Waals surface area contributed by atoms with Crippen molar-refractivity contribution in [3.63, 3.8) is 0 Å². The van der Waals surface area contributed by atoms with Gasteiger partial charge in [-0.15, -0.1) is 0 Å². The van der Waals surface area contributed by atoms with Gasteiger partial charge in [0, 0.05) is 17.5 Å². The first-order valence-electron chi connectivity index (χ1n) is 9.87. The molecule has 0 saturated carbocycles. The van der Waals surface area contributed by atoms with Crippen molar-refractivity contribution in [1.29, 1.82) is 0 Å². The van der Waals surface area contributed by atoms with Gasteiger partial charge in [0.15, 0.2) is 0 Å². The minimum atomic E-state index is -0.734. The Labute approximate surface area is 183 Å². The molecule has 1 heterocycles. The maximum atomic E-state index is 12.1. The molecule has 32 heavy (non-hydrogen) atoms. The molecule has 7 heteroatoms. The second-order valence-electron chi connectivity index (χ2n) is 6.89. The van der Waals surface area contributed by atoms with Gasteiger partial charge >= 0.3 is 17.7 Å². The van der Waals surface area contributed by atoms with Crippen LogP contribution in [0.3, 0.4) is 0 Å². The predicted octanol–water partition coefficient (Wildman–Crippen LogP) is 4.29. The Bertz CT molecular complexity index is 1300. The van der Waals surface area contributed by atoms with Crippen molar-refractivity contribution in [3.8, 4) is 16.9 Å². The van der Waals surface area contributed by atoms with Gasteiger partial charge in [0.25, 0.3) is 0 Å². The smallest absolute Gasteiger partial charge is 0.407 e. The topological polar surface area (TPSA) is 94.8 Å². The third kappa shape index (κ3) is 5.20. The summed E-state index contributed by atoms with van der Waals surface area (Å²) in [4.78, 5) is 35.9. The van der Waals surface area contributed by atoms with Crippen molar-refractivity contribution < 1.29 is 23.5 Å². The van der Waals surface area contributed by atoms with E-state index in [2.05, 4.69) is 5.32 Å². The van der Waals surface area contributed by atoms with E-state index in [9.17, 15) is 14.4 Å². The van der Waals surface area contributed by atoms with Crippen molar-refractivity contribution in [2.75, 3.05) is 6.54 Å². The molecule has 3 aromatic carbocycles. The zero-order valence-corrected chi connectivity index (χ0v) is 16.9. The van der Waals surface area contributed by atoms with Crippen LogP contribution >= 0.6 is 0 Å². The van der Waals surface area contributed by atoms with Crippen LogP contribution in [0.15, 0.2) is 94.1 Å². The van der Waals surface area contributed by atoms with Crippen molar-refractivity contribution in [1.82, 2.24) is 5.32 Å². The summed E-state index contributed by atoms with van der Waals surface area (Å²) in [7, 11) is 0. The van der Waals surface area contributed by atoms with Crippen LogP contribution in [0.2, 0.25) is 0 Å². The maximum absolute atomic E-state index is 12.1. The van der Waals surface area contributed by atoms with Crippen LogP contribution in [-0.4, -0.2) is 18.6 Å². The lowest BCUT2D eigenvalue weighted by Gasteiger charge is -2.09. The van der Waals surface area contributed by atoms with Gasteiger partial charge in [0.1, 0.15) is 24.5 Å². The number of hydrogen-bond acceptors (Lipinski definition) is 6. The highest BCUT2D eigenvalue weighted by atomic mass is 16.6. The van der Waals surface area contributed by atoms with E-state index in [4.69, 9.17) is 13.9 Å². The summed E-state index contributed by atoms with van der Waals surface area (Å²) in [5, 5.41) is 3.05. The zero-order valence-electron chi connectivity index (χ0n) is 16.9. The molecule has 160 valence electrons. The summed E-state index contributed by atoms with van der Waals surface area (Å²) in [6.07, 6.45) is -0.734. The number of nitrogens with one attached hydrogen (secondary N) is 1. The molecule has 0 atom stereocenters. The monoisotopic (exact) mass is 429 g/mol. The summed E-state index contributed by atoms with van der Waals surface area (Å²) in [5.74, 6) is -0.502. The van der Waals surface area contributed by atoms with Gasteiger partial charge in [-0.1, -0.05) is 60.7 Å². The standard InChI is InChI=1S/C25H19NO6/c27-23-14-21(18-9-5-2-6-10-18)20-12-11-19(13-22(20)32-23)31-24(28)15-26-25(29)30-16-17-7-3-1-4-8-17/h1-14H,15-16H2,(H,26,29). The normalized spacial score (nSPS) is 10.5. The summed E-state index contributed by atoms with van der Waals surface area (Å²) in [5.41, 5.74) is 2.20. The first-order chi connectivity index (χ1) is 15.6. The number of carbonyl (C=O) groups is 2. The fraction of sp³-hybridized carbons (Fsp3) is 0.0800. The van der Waals surface area contributed by atoms with Crippen LogP contribution < -0.4 is 15.7 Å². The van der Waals surface area contributed by atoms with E-state index in [1.54, 1.807) is 12.1 Å². The minimum Gasteiger partial charge on any atom is -0.445 e. The lowest BCUT2D eigenvalue weighted by Crippen LogP contribution is -2.32. The number of benzene rings is 3. The van der Waals surface area contributed by atoms with Crippen LogP contribution in [-0.2, 0) is 16.1 Å². The molecule has 7 nitrogen and oxygen atoms in total. The maximum Gasteiger partial charge on any atom is 0.407 e. The summed E-state index contributed by atoms with van der Waals surface area (Å²) < 4.78 is 15.6. The quantitative estimate of drug-likeness (QED) is 0.279. The fourth-order valence-electron chi connectivity index (χ4n) is 3.15. The van der Waals surface area contributed by atoms with Crippen LogP contribution in [0, 0.1) is 0 Å². The number of alkyl carbamates (subject to hydrolysis) is 1. The summed E-state index contributed by atoms with van der Waals surface area (Å²) in [6, 6.07) is 24.8.